The van der Waals surface area contributed by atoms with E-state index in [0.717, 1.165) is 26.5 Å². The lowest BCUT2D eigenvalue weighted by Gasteiger charge is -2.31. The Morgan fingerprint density at radius 1 is 0.747 bits per heavy atom. The first-order valence-corrected chi connectivity index (χ1v) is 26.0. The minimum Gasteiger partial charge on any atom is -0.497 e. The molecule has 0 bridgehead atoms. The topological polar surface area (TPSA) is 261 Å². The number of methoxy groups -OCH3 is 3. The number of alkyl carbamates (subject to hydrolysis) is 1. The van der Waals surface area contributed by atoms with Crippen molar-refractivity contribution >= 4 is 64.6 Å². The molecule has 0 radical (unpaired) electrons. The van der Waals surface area contributed by atoms with Crippen LogP contribution >= 0.6 is 0 Å². The Morgan fingerprint density at radius 2 is 1.43 bits per heavy atom. The van der Waals surface area contributed by atoms with E-state index in [0.29, 0.717) is 42.7 Å². The Kier molecular flexibility index (Phi) is 19.5. The quantitative estimate of drug-likeness (QED) is 0.0399. The summed E-state index contributed by atoms with van der Waals surface area (Å²) in [5, 5.41) is 23.3. The minimum atomic E-state index is -1.57. The van der Waals surface area contributed by atoms with Gasteiger partial charge in [0.25, 0.3) is 17.7 Å². The molecule has 21 nitrogen and oxygen atoms in total. The number of ether oxygens (including phenoxy) is 5. The van der Waals surface area contributed by atoms with E-state index in [1.54, 1.807) is 82.6 Å². The van der Waals surface area contributed by atoms with Crippen molar-refractivity contribution in [1.82, 2.24) is 25.8 Å². The summed E-state index contributed by atoms with van der Waals surface area (Å²) in [7, 11) is 4.38. The third kappa shape index (κ3) is 15.3. The van der Waals surface area contributed by atoms with E-state index in [-0.39, 0.29) is 68.1 Å². The van der Waals surface area contributed by atoms with Gasteiger partial charge in [0.15, 0.2) is 17.7 Å². The minimum absolute atomic E-state index is 0.00968. The Morgan fingerprint density at radius 3 is 2.09 bits per heavy atom. The van der Waals surface area contributed by atoms with Gasteiger partial charge in [0, 0.05) is 56.0 Å². The van der Waals surface area contributed by atoms with Crippen LogP contribution in [-0.4, -0.2) is 127 Å². The zero-order valence-corrected chi connectivity index (χ0v) is 45.1. The number of carbonyl (C=O) groups is 8. The summed E-state index contributed by atoms with van der Waals surface area (Å²) in [5.74, 6) is -1.85. The van der Waals surface area contributed by atoms with Crippen molar-refractivity contribution in [2.75, 3.05) is 44.6 Å². The Balaban J connectivity index is 1.03. The smallest absolute Gasteiger partial charge is 0.416 e. The van der Waals surface area contributed by atoms with Crippen LogP contribution in [0.25, 0.3) is 5.57 Å². The molecular weight excluding hydrogens is 1020 g/mol. The number of amides is 8. The van der Waals surface area contributed by atoms with E-state index in [9.17, 15) is 43.5 Å². The summed E-state index contributed by atoms with van der Waals surface area (Å²) in [6.45, 7) is 5.34. The SMILES string of the molecule is COc1ccc(C2=CN3C(=O)c4cc(OC)c(OC)cc4N(C(=O)OCc4ccc(NC(=O)[C@H](CCCCNC(=O)OC(C)(C)C)NC(=O)[C@H](Cc5ccccc5)NC(=O)CCCCN5C(=O)C=CC5=O)cc4)[C@@H](O)[C@@H]3C2)cc1. The highest BCUT2D eigenvalue weighted by Gasteiger charge is 2.46. The summed E-state index contributed by atoms with van der Waals surface area (Å²) >= 11 is 0. The van der Waals surface area contributed by atoms with E-state index in [4.69, 9.17) is 23.7 Å². The number of rotatable bonds is 23. The predicted octanol–water partition coefficient (Wildman–Crippen LogP) is 6.38. The molecule has 0 saturated carbocycles. The van der Waals surface area contributed by atoms with Crippen molar-refractivity contribution in [2.24, 2.45) is 0 Å². The first-order chi connectivity index (χ1) is 37.9. The van der Waals surface area contributed by atoms with Crippen LogP contribution in [-0.2, 0) is 46.5 Å². The van der Waals surface area contributed by atoms with Gasteiger partial charge in [-0.05, 0) is 112 Å². The van der Waals surface area contributed by atoms with Gasteiger partial charge in [0.05, 0.1) is 38.6 Å². The molecule has 0 fully saturated rings. The van der Waals surface area contributed by atoms with E-state index < -0.39 is 77.6 Å². The van der Waals surface area contributed by atoms with Crippen LogP contribution < -0.4 is 40.4 Å². The molecule has 4 aromatic carbocycles. The van der Waals surface area contributed by atoms with Crippen molar-refractivity contribution in [2.45, 2.75) is 109 Å². The van der Waals surface area contributed by atoms with Gasteiger partial charge in [-0.2, -0.15) is 0 Å². The summed E-state index contributed by atoms with van der Waals surface area (Å²) in [6.07, 6.45) is 2.91. The monoisotopic (exact) mass is 1090 g/mol. The molecule has 4 atom stereocenters. The van der Waals surface area contributed by atoms with Gasteiger partial charge in [-0.1, -0.05) is 54.6 Å². The molecule has 4 aromatic rings. The largest absolute Gasteiger partial charge is 0.497 e. The number of fused-ring (bicyclic) bond motifs is 2. The Bertz CT molecular complexity index is 2920. The number of benzene rings is 4. The third-order valence-corrected chi connectivity index (χ3v) is 13.2. The lowest BCUT2D eigenvalue weighted by Crippen LogP contribution is -2.53. The third-order valence-electron chi connectivity index (χ3n) is 13.2. The molecule has 0 spiro atoms. The van der Waals surface area contributed by atoms with E-state index >= 15 is 0 Å². The Hall–Kier alpha value is -8.72. The summed E-state index contributed by atoms with van der Waals surface area (Å²) in [4.78, 5) is 110. The van der Waals surface area contributed by atoms with Gasteiger partial charge in [0.1, 0.15) is 30.0 Å². The molecule has 0 saturated heterocycles. The average molecular weight is 1090 g/mol. The molecule has 3 aliphatic rings. The Labute approximate surface area is 458 Å². The number of aliphatic hydroxyl groups excluding tert-OH is 1. The van der Waals surface area contributed by atoms with Crippen molar-refractivity contribution in [3.8, 4) is 17.2 Å². The molecule has 0 aliphatic carbocycles. The average Bonchev–Trinajstić information content (AvgIpc) is 4.22. The van der Waals surface area contributed by atoms with Crippen molar-refractivity contribution < 1.29 is 67.1 Å². The summed E-state index contributed by atoms with van der Waals surface area (Å²) in [6, 6.07) is 22.5. The number of unbranched alkanes of at least 4 members (excludes halogenated alkanes) is 2. The molecule has 0 unspecified atom stereocenters. The van der Waals surface area contributed by atoms with Crippen LogP contribution in [0.4, 0.5) is 21.0 Å². The first-order valence-electron chi connectivity index (χ1n) is 26.0. The van der Waals surface area contributed by atoms with Crippen molar-refractivity contribution in [1.29, 1.82) is 0 Å². The molecule has 8 amide bonds. The molecule has 5 N–H and O–H groups in total. The van der Waals surface area contributed by atoms with Crippen LogP contribution in [0.15, 0.2) is 109 Å². The standard InChI is InChI=1S/C58H67N7O14/c1-58(2,3)79-56(73)59-28-12-10-16-43(62-53(70)44(30-36-14-8-7-9-15-36)61-49(66)17-11-13-29-63-50(67)26-27-51(63)68)52(69)60-40-22-18-37(19-23-40)35-78-57(74)65-45-33-48(77-6)47(76-5)32-42(45)54(71)64-34-39(31-46(64)55(65)72)38-20-24-41(75-4)25-21-38/h7-9,14-15,18-27,32-34,43-44,46,55,72H,10-13,16-17,28-31,35H2,1-6H3,(H,59,73)(H,60,69)(H,61,66)(H,62,70)/t43-,44-,46-,55-/m0/s1. The van der Waals surface area contributed by atoms with E-state index in [1.165, 1.54) is 43.4 Å². The van der Waals surface area contributed by atoms with Gasteiger partial charge >= 0.3 is 12.2 Å². The summed E-state index contributed by atoms with van der Waals surface area (Å²) in [5.41, 5.74) is 2.54. The second-order valence-electron chi connectivity index (χ2n) is 20.0. The molecule has 418 valence electrons. The maximum Gasteiger partial charge on any atom is 0.416 e. The fourth-order valence-electron chi connectivity index (χ4n) is 9.17. The van der Waals surface area contributed by atoms with Crippen LogP contribution in [0.2, 0.25) is 0 Å². The van der Waals surface area contributed by atoms with Crippen LogP contribution in [0.1, 0.15) is 92.8 Å². The van der Waals surface area contributed by atoms with Gasteiger partial charge in [-0.3, -0.25) is 33.7 Å². The predicted molar refractivity (Wildman–Crippen MR) is 291 cm³/mol. The van der Waals surface area contributed by atoms with Gasteiger partial charge in [-0.25, -0.2) is 14.5 Å². The number of nitrogens with zero attached hydrogens (tertiary/aromatic N) is 3. The van der Waals surface area contributed by atoms with Crippen molar-refractivity contribution in [3.63, 3.8) is 0 Å². The fourth-order valence-corrected chi connectivity index (χ4v) is 9.17. The first kappa shape index (κ1) is 58.0. The summed E-state index contributed by atoms with van der Waals surface area (Å²) < 4.78 is 27.5. The van der Waals surface area contributed by atoms with E-state index in [2.05, 4.69) is 21.3 Å². The lowest BCUT2D eigenvalue weighted by atomic mass is 10.0. The zero-order valence-electron chi connectivity index (χ0n) is 45.1. The maximum atomic E-state index is 14.3. The highest BCUT2D eigenvalue weighted by atomic mass is 16.6. The van der Waals surface area contributed by atoms with E-state index in [1.807, 2.05) is 30.3 Å². The molecular formula is C58H67N7O14. The number of hydrogen-bond acceptors (Lipinski definition) is 14. The maximum absolute atomic E-state index is 14.3. The number of nitrogens with one attached hydrogen (secondary N) is 4. The molecule has 3 aliphatic heterocycles. The highest BCUT2D eigenvalue weighted by molar-refractivity contribution is 6.13. The molecule has 3 heterocycles. The number of aliphatic hydroxyl groups is 1. The zero-order chi connectivity index (χ0) is 56.8. The number of anilines is 2. The van der Waals surface area contributed by atoms with Gasteiger partial charge in [0.2, 0.25) is 17.7 Å². The normalized spacial score (nSPS) is 16.4. The number of carbonyl (C=O) groups excluding carboxylic acids is 8. The molecule has 7 rings (SSSR count). The van der Waals surface area contributed by atoms with Crippen LogP contribution in [0.3, 0.4) is 0 Å². The van der Waals surface area contributed by atoms with Gasteiger partial charge < -0.3 is 55.0 Å². The molecule has 79 heavy (non-hydrogen) atoms. The highest BCUT2D eigenvalue weighted by Crippen LogP contribution is 2.43. The lowest BCUT2D eigenvalue weighted by molar-refractivity contribution is -0.136. The van der Waals surface area contributed by atoms with Crippen molar-refractivity contribution in [3.05, 3.63) is 132 Å². The van der Waals surface area contributed by atoms with Crippen LogP contribution in [0, 0.1) is 0 Å². The fraction of sp³-hybridized carbons (Fsp3) is 0.379. The van der Waals surface area contributed by atoms with Crippen LogP contribution in [0.5, 0.6) is 17.2 Å². The number of imide groups is 1. The molecule has 0 aromatic heterocycles. The second-order valence-corrected chi connectivity index (χ2v) is 20.0. The molecule has 21 heteroatoms. The number of hydrogen-bond donors (Lipinski definition) is 5. The second kappa shape index (κ2) is 26.6. The van der Waals surface area contributed by atoms with Gasteiger partial charge in [-0.15, -0.1) is 0 Å².